The summed E-state index contributed by atoms with van der Waals surface area (Å²) in [7, 11) is 0. The van der Waals surface area contributed by atoms with Crippen LogP contribution in [-0.2, 0) is 16.1 Å². The summed E-state index contributed by atoms with van der Waals surface area (Å²) in [5.41, 5.74) is 1.49. The quantitative estimate of drug-likeness (QED) is 0.555. The van der Waals surface area contributed by atoms with Gasteiger partial charge in [0.05, 0.1) is 11.8 Å². The van der Waals surface area contributed by atoms with Gasteiger partial charge in [-0.15, -0.1) is 0 Å². The molecule has 1 unspecified atom stereocenters. The standard InChI is InChI=1S/C22H19ClN2O5/c1-14(20(26)24-13-16-5-2-3-6-18(16)23)30-22(28)15-8-10-17(11-9-15)25-21(27)19-7-4-12-29-19/h2-12,14H,13H2,1H3,(H,24,26)(H,25,27). The zero-order valence-electron chi connectivity index (χ0n) is 16.1. The molecule has 2 aromatic carbocycles. The highest BCUT2D eigenvalue weighted by Crippen LogP contribution is 2.15. The maximum absolute atomic E-state index is 12.3. The number of esters is 1. The summed E-state index contributed by atoms with van der Waals surface area (Å²) in [4.78, 5) is 36.4. The average Bonchev–Trinajstić information content (AvgIpc) is 3.28. The van der Waals surface area contributed by atoms with Gasteiger partial charge in [0.1, 0.15) is 0 Å². The molecule has 0 aliphatic carbocycles. The molecule has 2 amide bonds. The molecule has 1 aromatic heterocycles. The number of halogens is 1. The summed E-state index contributed by atoms with van der Waals surface area (Å²) in [5, 5.41) is 5.87. The molecule has 0 spiro atoms. The van der Waals surface area contributed by atoms with Crippen LogP contribution in [0.5, 0.6) is 0 Å². The predicted molar refractivity (Wildman–Crippen MR) is 111 cm³/mol. The van der Waals surface area contributed by atoms with E-state index in [9.17, 15) is 14.4 Å². The molecule has 3 rings (SSSR count). The predicted octanol–water partition coefficient (Wildman–Crippen LogP) is 4.05. The van der Waals surface area contributed by atoms with Crippen molar-refractivity contribution in [2.75, 3.05) is 5.32 Å². The van der Waals surface area contributed by atoms with Crippen molar-refractivity contribution in [2.24, 2.45) is 0 Å². The van der Waals surface area contributed by atoms with Gasteiger partial charge in [-0.3, -0.25) is 9.59 Å². The van der Waals surface area contributed by atoms with Gasteiger partial charge in [0.25, 0.3) is 11.8 Å². The largest absolute Gasteiger partial charge is 0.459 e. The van der Waals surface area contributed by atoms with Crippen LogP contribution in [0.3, 0.4) is 0 Å². The van der Waals surface area contributed by atoms with Crippen LogP contribution in [0.4, 0.5) is 5.69 Å². The molecule has 0 aliphatic rings. The molecule has 0 saturated heterocycles. The number of amides is 2. The number of ether oxygens (including phenoxy) is 1. The van der Waals surface area contributed by atoms with Crippen LogP contribution in [-0.4, -0.2) is 23.9 Å². The van der Waals surface area contributed by atoms with Crippen molar-refractivity contribution in [1.82, 2.24) is 5.32 Å². The number of hydrogen-bond donors (Lipinski definition) is 2. The first-order valence-corrected chi connectivity index (χ1v) is 9.49. The molecular formula is C22H19ClN2O5. The van der Waals surface area contributed by atoms with Crippen LogP contribution in [0.25, 0.3) is 0 Å². The molecule has 0 fully saturated rings. The number of hydrogen-bond acceptors (Lipinski definition) is 5. The Labute approximate surface area is 178 Å². The number of carbonyl (C=O) groups excluding carboxylic acids is 3. The van der Waals surface area contributed by atoms with Gasteiger partial charge in [-0.25, -0.2) is 4.79 Å². The second-order valence-electron chi connectivity index (χ2n) is 6.37. The van der Waals surface area contributed by atoms with Crippen LogP contribution in [0.15, 0.2) is 71.3 Å². The lowest BCUT2D eigenvalue weighted by molar-refractivity contribution is -0.129. The first-order chi connectivity index (χ1) is 14.4. The number of carbonyl (C=O) groups is 3. The lowest BCUT2D eigenvalue weighted by Crippen LogP contribution is -2.35. The molecule has 2 N–H and O–H groups in total. The summed E-state index contributed by atoms with van der Waals surface area (Å²) in [6.07, 6.45) is 0.415. The fourth-order valence-electron chi connectivity index (χ4n) is 2.54. The second kappa shape index (κ2) is 9.76. The first-order valence-electron chi connectivity index (χ1n) is 9.11. The van der Waals surface area contributed by atoms with E-state index >= 15 is 0 Å². The summed E-state index contributed by atoms with van der Waals surface area (Å²) >= 11 is 6.06. The summed E-state index contributed by atoms with van der Waals surface area (Å²) < 4.78 is 10.2. The van der Waals surface area contributed by atoms with Crippen LogP contribution in [0.1, 0.15) is 33.4 Å². The minimum atomic E-state index is -0.988. The molecule has 7 nitrogen and oxygen atoms in total. The third-order valence-corrected chi connectivity index (χ3v) is 4.56. The Bertz CT molecular complexity index is 1030. The van der Waals surface area contributed by atoms with Crippen LogP contribution in [0.2, 0.25) is 5.02 Å². The van der Waals surface area contributed by atoms with Gasteiger partial charge in [-0.2, -0.15) is 0 Å². The molecule has 0 aliphatic heterocycles. The third-order valence-electron chi connectivity index (χ3n) is 4.19. The van der Waals surface area contributed by atoms with E-state index in [1.54, 1.807) is 42.5 Å². The molecule has 1 heterocycles. The van der Waals surface area contributed by atoms with Crippen LogP contribution >= 0.6 is 11.6 Å². The molecule has 1 atom stereocenters. The van der Waals surface area contributed by atoms with Crippen molar-refractivity contribution < 1.29 is 23.5 Å². The number of rotatable bonds is 7. The SMILES string of the molecule is CC(OC(=O)c1ccc(NC(=O)c2ccco2)cc1)C(=O)NCc1ccccc1Cl. The molecule has 0 saturated carbocycles. The minimum absolute atomic E-state index is 0.176. The van der Waals surface area contributed by atoms with Gasteiger partial charge < -0.3 is 19.8 Å². The van der Waals surface area contributed by atoms with Crippen molar-refractivity contribution in [3.8, 4) is 0 Å². The normalized spacial score (nSPS) is 11.4. The zero-order chi connectivity index (χ0) is 21.5. The van der Waals surface area contributed by atoms with Gasteiger partial charge in [0.15, 0.2) is 11.9 Å². The minimum Gasteiger partial charge on any atom is -0.459 e. The molecular weight excluding hydrogens is 408 g/mol. The van der Waals surface area contributed by atoms with E-state index in [1.807, 2.05) is 6.07 Å². The van der Waals surface area contributed by atoms with E-state index in [0.29, 0.717) is 10.7 Å². The number of anilines is 1. The summed E-state index contributed by atoms with van der Waals surface area (Å²) in [6, 6.07) is 16.4. The van der Waals surface area contributed by atoms with Crippen molar-refractivity contribution in [2.45, 2.75) is 19.6 Å². The fraction of sp³-hybridized carbons (Fsp3) is 0.136. The van der Waals surface area contributed by atoms with Gasteiger partial charge in [-0.05, 0) is 55.0 Å². The van der Waals surface area contributed by atoms with E-state index in [4.69, 9.17) is 20.8 Å². The Morgan fingerprint density at radius 2 is 1.77 bits per heavy atom. The van der Waals surface area contributed by atoms with Crippen molar-refractivity contribution in [1.29, 1.82) is 0 Å². The van der Waals surface area contributed by atoms with Gasteiger partial charge in [-0.1, -0.05) is 29.8 Å². The maximum Gasteiger partial charge on any atom is 0.338 e. The lowest BCUT2D eigenvalue weighted by atomic mass is 10.2. The molecule has 0 radical (unpaired) electrons. The number of benzene rings is 2. The average molecular weight is 427 g/mol. The first kappa shape index (κ1) is 21.1. The third kappa shape index (κ3) is 5.48. The van der Waals surface area contributed by atoms with Crippen LogP contribution < -0.4 is 10.6 Å². The van der Waals surface area contributed by atoms with E-state index in [1.165, 1.54) is 25.3 Å². The van der Waals surface area contributed by atoms with Crippen molar-refractivity contribution in [3.05, 3.63) is 88.8 Å². The smallest absolute Gasteiger partial charge is 0.338 e. The van der Waals surface area contributed by atoms with Gasteiger partial charge in [0.2, 0.25) is 0 Å². The summed E-state index contributed by atoms with van der Waals surface area (Å²) in [5.74, 6) is -1.32. The second-order valence-corrected chi connectivity index (χ2v) is 6.77. The Hall–Kier alpha value is -3.58. The Kier molecular flexibility index (Phi) is 6.87. The molecule has 0 bridgehead atoms. The van der Waals surface area contributed by atoms with Crippen LogP contribution in [0, 0.1) is 0 Å². The molecule has 30 heavy (non-hydrogen) atoms. The van der Waals surface area contributed by atoms with E-state index in [2.05, 4.69) is 10.6 Å². The highest BCUT2D eigenvalue weighted by atomic mass is 35.5. The monoisotopic (exact) mass is 426 g/mol. The Morgan fingerprint density at radius 3 is 2.43 bits per heavy atom. The summed E-state index contributed by atoms with van der Waals surface area (Å²) in [6.45, 7) is 1.71. The van der Waals surface area contributed by atoms with E-state index in [-0.39, 0.29) is 17.9 Å². The van der Waals surface area contributed by atoms with E-state index in [0.717, 1.165) is 5.56 Å². The Morgan fingerprint density at radius 1 is 1.03 bits per heavy atom. The fourth-order valence-corrected chi connectivity index (χ4v) is 2.74. The van der Waals surface area contributed by atoms with E-state index < -0.39 is 23.9 Å². The highest BCUT2D eigenvalue weighted by molar-refractivity contribution is 6.31. The molecule has 154 valence electrons. The number of furan rings is 1. The number of nitrogens with one attached hydrogen (secondary N) is 2. The highest BCUT2D eigenvalue weighted by Gasteiger charge is 2.19. The van der Waals surface area contributed by atoms with Crippen molar-refractivity contribution in [3.63, 3.8) is 0 Å². The lowest BCUT2D eigenvalue weighted by Gasteiger charge is -2.14. The Balaban J connectivity index is 1.51. The maximum atomic E-state index is 12.3. The molecule has 8 heteroatoms. The topological polar surface area (TPSA) is 97.6 Å². The van der Waals surface area contributed by atoms with Crippen molar-refractivity contribution >= 4 is 35.1 Å². The van der Waals surface area contributed by atoms with Gasteiger partial charge in [0, 0.05) is 17.3 Å². The molecule has 3 aromatic rings. The van der Waals surface area contributed by atoms with Gasteiger partial charge >= 0.3 is 5.97 Å². The zero-order valence-corrected chi connectivity index (χ0v) is 16.8.